The summed E-state index contributed by atoms with van der Waals surface area (Å²) < 4.78 is 5.28. The van der Waals surface area contributed by atoms with Crippen LogP contribution in [0.4, 0.5) is 5.69 Å². The number of carbonyl (C=O) groups excluding carboxylic acids is 1. The van der Waals surface area contributed by atoms with Gasteiger partial charge in [0.2, 0.25) is 0 Å². The molecule has 1 amide bonds. The highest BCUT2D eigenvalue weighted by Gasteiger charge is 2.14. The Morgan fingerprint density at radius 3 is 2.77 bits per heavy atom. The van der Waals surface area contributed by atoms with Gasteiger partial charge in [-0.3, -0.25) is 19.8 Å². The minimum Gasteiger partial charge on any atom is -0.379 e. The number of nitrogens with zero attached hydrogens (tertiary/aromatic N) is 2. The first-order valence-electron chi connectivity index (χ1n) is 7.41. The lowest BCUT2D eigenvalue weighted by molar-refractivity contribution is -0.385. The van der Waals surface area contributed by atoms with Crippen LogP contribution in [0.15, 0.2) is 18.2 Å². The zero-order valence-corrected chi connectivity index (χ0v) is 12.7. The molecule has 0 radical (unpaired) electrons. The predicted octanol–water partition coefficient (Wildman–Crippen LogP) is 1.36. The van der Waals surface area contributed by atoms with Crippen molar-refractivity contribution in [2.45, 2.75) is 13.3 Å². The Morgan fingerprint density at radius 2 is 2.14 bits per heavy atom. The molecule has 0 atom stereocenters. The van der Waals surface area contributed by atoms with Crippen LogP contribution in [-0.2, 0) is 4.74 Å². The molecule has 22 heavy (non-hydrogen) atoms. The van der Waals surface area contributed by atoms with E-state index >= 15 is 0 Å². The number of nitro groups is 1. The largest absolute Gasteiger partial charge is 0.379 e. The summed E-state index contributed by atoms with van der Waals surface area (Å²) in [5, 5.41) is 13.6. The average Bonchev–Trinajstić information content (AvgIpc) is 2.52. The number of morpholine rings is 1. The Kier molecular flexibility index (Phi) is 5.85. The van der Waals surface area contributed by atoms with E-state index in [-0.39, 0.29) is 11.6 Å². The third kappa shape index (κ3) is 4.51. The van der Waals surface area contributed by atoms with Gasteiger partial charge in [-0.25, -0.2) is 0 Å². The topological polar surface area (TPSA) is 84.7 Å². The Hall–Kier alpha value is -1.99. The van der Waals surface area contributed by atoms with E-state index in [1.54, 1.807) is 13.0 Å². The van der Waals surface area contributed by atoms with Gasteiger partial charge >= 0.3 is 0 Å². The summed E-state index contributed by atoms with van der Waals surface area (Å²) in [5.41, 5.74) is 0.976. The van der Waals surface area contributed by atoms with Crippen LogP contribution in [0.25, 0.3) is 0 Å². The molecule has 1 aromatic rings. The molecule has 0 aliphatic carbocycles. The minimum atomic E-state index is -0.445. The lowest BCUT2D eigenvalue weighted by Gasteiger charge is -2.26. The van der Waals surface area contributed by atoms with E-state index < -0.39 is 4.92 Å². The number of nitro benzene ring substituents is 1. The van der Waals surface area contributed by atoms with Crippen LogP contribution >= 0.6 is 0 Å². The first kappa shape index (κ1) is 16.4. The van der Waals surface area contributed by atoms with Gasteiger partial charge < -0.3 is 10.1 Å². The highest BCUT2D eigenvalue weighted by molar-refractivity contribution is 5.94. The van der Waals surface area contributed by atoms with Gasteiger partial charge in [0.05, 0.1) is 18.1 Å². The van der Waals surface area contributed by atoms with Crippen molar-refractivity contribution < 1.29 is 14.5 Å². The van der Waals surface area contributed by atoms with Gasteiger partial charge in [-0.05, 0) is 32.0 Å². The molecule has 1 fully saturated rings. The number of hydrogen-bond donors (Lipinski definition) is 1. The fourth-order valence-electron chi connectivity index (χ4n) is 2.43. The molecule has 1 aliphatic heterocycles. The van der Waals surface area contributed by atoms with Crippen molar-refractivity contribution >= 4 is 11.6 Å². The molecule has 1 aliphatic rings. The lowest BCUT2D eigenvalue weighted by Crippen LogP contribution is -2.38. The van der Waals surface area contributed by atoms with Crippen molar-refractivity contribution in [2.75, 3.05) is 39.4 Å². The van der Waals surface area contributed by atoms with Gasteiger partial charge in [0.1, 0.15) is 0 Å². The molecule has 1 heterocycles. The normalized spacial score (nSPS) is 15.5. The van der Waals surface area contributed by atoms with E-state index in [1.807, 2.05) is 0 Å². The molecule has 7 nitrogen and oxygen atoms in total. The Balaban J connectivity index is 1.77. The van der Waals surface area contributed by atoms with Crippen LogP contribution in [0.2, 0.25) is 0 Å². The molecule has 7 heteroatoms. The summed E-state index contributed by atoms with van der Waals surface area (Å²) in [5.74, 6) is -0.194. The van der Waals surface area contributed by atoms with E-state index in [0.29, 0.717) is 17.7 Å². The van der Waals surface area contributed by atoms with Gasteiger partial charge in [0, 0.05) is 36.8 Å². The number of amides is 1. The summed E-state index contributed by atoms with van der Waals surface area (Å²) in [6.45, 7) is 6.58. The number of aryl methyl sites for hydroxylation is 1. The molecular weight excluding hydrogens is 286 g/mol. The van der Waals surface area contributed by atoms with Gasteiger partial charge in [-0.1, -0.05) is 0 Å². The van der Waals surface area contributed by atoms with Crippen molar-refractivity contribution in [3.8, 4) is 0 Å². The standard InChI is InChI=1S/C15H21N3O4/c1-12-11-13(3-4-14(12)18(20)21)15(19)16-5-2-6-17-7-9-22-10-8-17/h3-4,11H,2,5-10H2,1H3,(H,16,19). The quantitative estimate of drug-likeness (QED) is 0.487. The highest BCUT2D eigenvalue weighted by atomic mass is 16.6. The number of carbonyl (C=O) groups is 1. The summed E-state index contributed by atoms with van der Waals surface area (Å²) >= 11 is 0. The molecule has 120 valence electrons. The molecule has 0 spiro atoms. The Labute approximate surface area is 129 Å². The van der Waals surface area contributed by atoms with Crippen LogP contribution in [0.3, 0.4) is 0 Å². The van der Waals surface area contributed by atoms with Crippen LogP contribution in [-0.4, -0.2) is 55.1 Å². The van der Waals surface area contributed by atoms with Crippen molar-refractivity contribution in [3.05, 3.63) is 39.4 Å². The van der Waals surface area contributed by atoms with E-state index in [0.717, 1.165) is 39.3 Å². The van der Waals surface area contributed by atoms with Crippen LogP contribution in [0, 0.1) is 17.0 Å². The molecule has 2 rings (SSSR count). The maximum Gasteiger partial charge on any atom is 0.272 e. The number of benzene rings is 1. The predicted molar refractivity (Wildman–Crippen MR) is 82.0 cm³/mol. The first-order chi connectivity index (χ1) is 10.6. The average molecular weight is 307 g/mol. The van der Waals surface area contributed by atoms with Crippen molar-refractivity contribution in [2.24, 2.45) is 0 Å². The van der Waals surface area contributed by atoms with E-state index in [4.69, 9.17) is 4.74 Å². The molecule has 1 N–H and O–H groups in total. The second-order valence-corrected chi connectivity index (χ2v) is 5.32. The molecule has 0 aromatic heterocycles. The fraction of sp³-hybridized carbons (Fsp3) is 0.533. The number of hydrogen-bond acceptors (Lipinski definition) is 5. The van der Waals surface area contributed by atoms with Gasteiger partial charge in [0.25, 0.3) is 11.6 Å². The third-order valence-corrected chi connectivity index (χ3v) is 3.70. The van der Waals surface area contributed by atoms with E-state index in [1.165, 1.54) is 12.1 Å². The number of ether oxygens (including phenoxy) is 1. The zero-order valence-electron chi connectivity index (χ0n) is 12.7. The summed E-state index contributed by atoms with van der Waals surface area (Å²) in [4.78, 5) is 24.6. The molecule has 0 bridgehead atoms. The second kappa shape index (κ2) is 7.86. The van der Waals surface area contributed by atoms with Crippen LogP contribution < -0.4 is 5.32 Å². The Morgan fingerprint density at radius 1 is 1.41 bits per heavy atom. The molecule has 1 aromatic carbocycles. The lowest BCUT2D eigenvalue weighted by atomic mass is 10.1. The molecule has 0 unspecified atom stereocenters. The van der Waals surface area contributed by atoms with E-state index in [9.17, 15) is 14.9 Å². The summed E-state index contributed by atoms with van der Waals surface area (Å²) in [7, 11) is 0. The van der Waals surface area contributed by atoms with Gasteiger partial charge in [-0.2, -0.15) is 0 Å². The van der Waals surface area contributed by atoms with Crippen LogP contribution in [0.5, 0.6) is 0 Å². The fourth-order valence-corrected chi connectivity index (χ4v) is 2.43. The summed E-state index contributed by atoms with van der Waals surface area (Å²) in [6, 6.07) is 4.41. The second-order valence-electron chi connectivity index (χ2n) is 5.32. The molecule has 0 saturated carbocycles. The zero-order chi connectivity index (χ0) is 15.9. The smallest absolute Gasteiger partial charge is 0.272 e. The van der Waals surface area contributed by atoms with Gasteiger partial charge in [-0.15, -0.1) is 0 Å². The minimum absolute atomic E-state index is 0.0314. The number of nitrogens with one attached hydrogen (secondary N) is 1. The van der Waals surface area contributed by atoms with Crippen molar-refractivity contribution in [1.82, 2.24) is 10.2 Å². The number of rotatable bonds is 6. The Bertz CT molecular complexity index is 542. The van der Waals surface area contributed by atoms with Crippen molar-refractivity contribution in [1.29, 1.82) is 0 Å². The SMILES string of the molecule is Cc1cc(C(=O)NCCCN2CCOCC2)ccc1[N+](=O)[O-]. The highest BCUT2D eigenvalue weighted by Crippen LogP contribution is 2.18. The summed E-state index contributed by atoms with van der Waals surface area (Å²) in [6.07, 6.45) is 0.873. The van der Waals surface area contributed by atoms with E-state index in [2.05, 4.69) is 10.2 Å². The molecule has 1 saturated heterocycles. The monoisotopic (exact) mass is 307 g/mol. The molecular formula is C15H21N3O4. The van der Waals surface area contributed by atoms with Gasteiger partial charge in [0.15, 0.2) is 0 Å². The first-order valence-corrected chi connectivity index (χ1v) is 7.41. The van der Waals surface area contributed by atoms with Crippen LogP contribution in [0.1, 0.15) is 22.3 Å². The van der Waals surface area contributed by atoms with Crippen molar-refractivity contribution in [3.63, 3.8) is 0 Å². The third-order valence-electron chi connectivity index (χ3n) is 3.70. The maximum absolute atomic E-state index is 12.0. The maximum atomic E-state index is 12.0.